The topological polar surface area (TPSA) is 98.7 Å². The summed E-state index contributed by atoms with van der Waals surface area (Å²) in [4.78, 5) is 23.9. The van der Waals surface area contributed by atoms with Crippen molar-refractivity contribution >= 4 is 18.9 Å². The van der Waals surface area contributed by atoms with Gasteiger partial charge in [-0.3, -0.25) is 9.59 Å². The molecule has 0 bridgehead atoms. The van der Waals surface area contributed by atoms with Gasteiger partial charge in [-0.1, -0.05) is 30.3 Å². The van der Waals surface area contributed by atoms with Crippen LogP contribution in [0.1, 0.15) is 18.4 Å². The predicted octanol–water partition coefficient (Wildman–Crippen LogP) is -0.748. The molecule has 7 heteroatoms. The Balaban J connectivity index is 1.98. The molecule has 1 aromatic carbocycles. The highest BCUT2D eigenvalue weighted by Gasteiger charge is 2.32. The van der Waals surface area contributed by atoms with E-state index in [1.54, 1.807) is 0 Å². The molecule has 0 saturated heterocycles. The normalized spacial score (nSPS) is 15.1. The van der Waals surface area contributed by atoms with Gasteiger partial charge >= 0.3 is 7.12 Å². The van der Waals surface area contributed by atoms with Crippen LogP contribution in [0.4, 0.5) is 0 Å². The Labute approximate surface area is 123 Å². The summed E-state index contributed by atoms with van der Waals surface area (Å²) in [5.41, 5.74) is 0.929. The Kier molecular flexibility index (Phi) is 5.35. The molecule has 0 aromatic heterocycles. The molecule has 112 valence electrons. The van der Waals surface area contributed by atoms with Gasteiger partial charge in [-0.15, -0.1) is 0 Å². The fraction of sp³-hybridized carbons (Fsp3) is 0.429. The van der Waals surface area contributed by atoms with Crippen molar-refractivity contribution in [2.75, 3.05) is 6.44 Å². The van der Waals surface area contributed by atoms with Crippen molar-refractivity contribution in [2.24, 2.45) is 5.92 Å². The number of rotatable bonds is 7. The van der Waals surface area contributed by atoms with Gasteiger partial charge in [-0.2, -0.15) is 0 Å². The lowest BCUT2D eigenvalue weighted by molar-refractivity contribution is -0.129. The zero-order chi connectivity index (χ0) is 15.2. The van der Waals surface area contributed by atoms with Gasteiger partial charge in [0.25, 0.3) is 0 Å². The second-order valence-electron chi connectivity index (χ2n) is 5.25. The van der Waals surface area contributed by atoms with E-state index in [9.17, 15) is 9.59 Å². The minimum atomic E-state index is -1.61. The van der Waals surface area contributed by atoms with Crippen LogP contribution in [0.3, 0.4) is 0 Å². The Bertz CT molecular complexity index is 491. The molecule has 21 heavy (non-hydrogen) atoms. The van der Waals surface area contributed by atoms with E-state index in [-0.39, 0.29) is 18.3 Å². The maximum Gasteiger partial charge on any atom is 0.472 e. The third-order valence-corrected chi connectivity index (χ3v) is 3.32. The Morgan fingerprint density at radius 2 is 1.90 bits per heavy atom. The highest BCUT2D eigenvalue weighted by molar-refractivity contribution is 6.41. The lowest BCUT2D eigenvalue weighted by Gasteiger charge is -2.18. The molecule has 0 aliphatic heterocycles. The van der Waals surface area contributed by atoms with Crippen molar-refractivity contribution in [3.05, 3.63) is 35.9 Å². The van der Waals surface area contributed by atoms with E-state index < -0.39 is 19.1 Å². The molecule has 1 unspecified atom stereocenters. The fourth-order valence-electron chi connectivity index (χ4n) is 2.01. The van der Waals surface area contributed by atoms with Crippen LogP contribution in [0.25, 0.3) is 0 Å². The van der Waals surface area contributed by atoms with Crippen LogP contribution in [-0.2, 0) is 16.0 Å². The summed E-state index contributed by atoms with van der Waals surface area (Å²) < 4.78 is 0. The molecule has 0 spiro atoms. The largest absolute Gasteiger partial charge is 0.472 e. The predicted molar refractivity (Wildman–Crippen MR) is 78.0 cm³/mol. The molecular formula is C14H19BN2O4. The summed E-state index contributed by atoms with van der Waals surface area (Å²) in [6, 6.07) is 8.66. The van der Waals surface area contributed by atoms with Gasteiger partial charge in [0.15, 0.2) is 0 Å². The van der Waals surface area contributed by atoms with Crippen LogP contribution < -0.4 is 10.6 Å². The average molecular weight is 290 g/mol. The average Bonchev–Trinajstić information content (AvgIpc) is 3.29. The van der Waals surface area contributed by atoms with Gasteiger partial charge < -0.3 is 20.7 Å². The molecule has 6 nitrogen and oxygen atoms in total. The quantitative estimate of drug-likeness (QED) is 0.497. The molecule has 4 N–H and O–H groups in total. The molecule has 1 atom stereocenters. The number of benzene rings is 1. The molecule has 1 saturated carbocycles. The first-order chi connectivity index (χ1) is 10.1. The second-order valence-corrected chi connectivity index (χ2v) is 5.25. The summed E-state index contributed by atoms with van der Waals surface area (Å²) in [5, 5.41) is 22.8. The lowest BCUT2D eigenvalue weighted by atomic mass is 9.92. The van der Waals surface area contributed by atoms with Crippen LogP contribution in [0.5, 0.6) is 0 Å². The van der Waals surface area contributed by atoms with Crippen LogP contribution in [0, 0.1) is 5.92 Å². The summed E-state index contributed by atoms with van der Waals surface area (Å²) in [6.45, 7) is 0. The van der Waals surface area contributed by atoms with Crippen LogP contribution in [0.15, 0.2) is 30.3 Å². The maximum atomic E-state index is 12.1. The molecule has 1 aliphatic rings. The number of hydrogen-bond donors (Lipinski definition) is 4. The van der Waals surface area contributed by atoms with E-state index >= 15 is 0 Å². The number of hydrogen-bond acceptors (Lipinski definition) is 4. The van der Waals surface area contributed by atoms with E-state index in [2.05, 4.69) is 10.6 Å². The van der Waals surface area contributed by atoms with Gasteiger partial charge in [0, 0.05) is 12.3 Å². The number of carbonyl (C=O) groups excluding carboxylic acids is 2. The van der Waals surface area contributed by atoms with Crippen molar-refractivity contribution in [1.29, 1.82) is 0 Å². The molecule has 1 aliphatic carbocycles. The summed E-state index contributed by atoms with van der Waals surface area (Å²) in [7, 11) is -1.61. The Hall–Kier alpha value is -1.86. The standard InChI is InChI=1S/C14H19BN2O4/c18-13(11-6-7-11)17-12(14(19)16-9-15(20)21)8-10-4-2-1-3-5-10/h1-5,11-12,20-21H,6-9H2,(H,16,19)(H,17,18). The number of carbonyl (C=O) groups is 2. The van der Waals surface area contributed by atoms with Gasteiger partial charge in [0.05, 0.1) is 6.44 Å². The smallest absolute Gasteiger partial charge is 0.426 e. The van der Waals surface area contributed by atoms with Crippen molar-refractivity contribution < 1.29 is 19.6 Å². The first-order valence-electron chi connectivity index (χ1n) is 7.04. The van der Waals surface area contributed by atoms with Crippen molar-refractivity contribution in [1.82, 2.24) is 10.6 Å². The number of amides is 2. The van der Waals surface area contributed by atoms with Crippen LogP contribution in [-0.4, -0.2) is 41.5 Å². The third kappa shape index (κ3) is 5.20. The summed E-state index contributed by atoms with van der Waals surface area (Å²) in [6.07, 6.45) is 1.83. The minimum Gasteiger partial charge on any atom is -0.426 e. The van der Waals surface area contributed by atoms with E-state index in [1.165, 1.54) is 0 Å². The molecule has 2 amide bonds. The molecule has 1 fully saturated rings. The van der Waals surface area contributed by atoms with Crippen molar-refractivity contribution in [3.63, 3.8) is 0 Å². The minimum absolute atomic E-state index is 0.0134. The Morgan fingerprint density at radius 1 is 1.24 bits per heavy atom. The maximum absolute atomic E-state index is 12.1. The van der Waals surface area contributed by atoms with Crippen LogP contribution in [0.2, 0.25) is 0 Å². The van der Waals surface area contributed by atoms with E-state index in [4.69, 9.17) is 10.0 Å². The van der Waals surface area contributed by atoms with Gasteiger partial charge in [0.2, 0.25) is 11.8 Å². The van der Waals surface area contributed by atoms with Gasteiger partial charge in [0.1, 0.15) is 6.04 Å². The van der Waals surface area contributed by atoms with E-state index in [0.717, 1.165) is 18.4 Å². The molecular weight excluding hydrogens is 271 g/mol. The fourth-order valence-corrected chi connectivity index (χ4v) is 2.01. The Morgan fingerprint density at radius 3 is 2.48 bits per heavy atom. The van der Waals surface area contributed by atoms with Crippen molar-refractivity contribution in [2.45, 2.75) is 25.3 Å². The lowest BCUT2D eigenvalue weighted by Crippen LogP contribution is -2.50. The number of nitrogens with one attached hydrogen (secondary N) is 2. The van der Waals surface area contributed by atoms with Crippen LogP contribution >= 0.6 is 0 Å². The molecule has 0 radical (unpaired) electrons. The highest BCUT2D eigenvalue weighted by Crippen LogP contribution is 2.29. The highest BCUT2D eigenvalue weighted by atomic mass is 16.4. The SMILES string of the molecule is O=C(NC(Cc1ccccc1)C(=O)NCB(O)O)C1CC1. The summed E-state index contributed by atoms with van der Waals surface area (Å²) >= 11 is 0. The first kappa shape index (κ1) is 15.5. The zero-order valence-corrected chi connectivity index (χ0v) is 11.7. The second kappa shape index (κ2) is 7.24. The third-order valence-electron chi connectivity index (χ3n) is 3.32. The van der Waals surface area contributed by atoms with E-state index in [0.29, 0.717) is 6.42 Å². The summed E-state index contributed by atoms with van der Waals surface area (Å²) in [5.74, 6) is -0.518. The molecule has 2 rings (SSSR count). The van der Waals surface area contributed by atoms with Gasteiger partial charge in [-0.25, -0.2) is 0 Å². The monoisotopic (exact) mass is 290 g/mol. The first-order valence-corrected chi connectivity index (χ1v) is 7.04. The van der Waals surface area contributed by atoms with Gasteiger partial charge in [-0.05, 0) is 18.4 Å². The zero-order valence-electron chi connectivity index (χ0n) is 11.7. The van der Waals surface area contributed by atoms with E-state index in [1.807, 2.05) is 30.3 Å². The molecule has 0 heterocycles. The van der Waals surface area contributed by atoms with Crippen molar-refractivity contribution in [3.8, 4) is 0 Å². The molecule has 1 aromatic rings.